The third-order valence-corrected chi connectivity index (χ3v) is 5.11. The zero-order valence-electron chi connectivity index (χ0n) is 16.6. The van der Waals surface area contributed by atoms with Gasteiger partial charge in [-0.15, -0.1) is 0 Å². The summed E-state index contributed by atoms with van der Waals surface area (Å²) < 4.78 is 11.1. The van der Waals surface area contributed by atoms with Crippen molar-refractivity contribution >= 4 is 5.91 Å². The van der Waals surface area contributed by atoms with Crippen molar-refractivity contribution in [3.05, 3.63) is 71.9 Å². The van der Waals surface area contributed by atoms with Crippen LogP contribution in [0.15, 0.2) is 65.2 Å². The van der Waals surface area contributed by atoms with Crippen LogP contribution in [0.25, 0.3) is 11.3 Å². The van der Waals surface area contributed by atoms with Gasteiger partial charge in [0.2, 0.25) is 0 Å². The summed E-state index contributed by atoms with van der Waals surface area (Å²) >= 11 is 0. The number of hydrogen-bond donors (Lipinski definition) is 0. The molecule has 1 aliphatic rings. The van der Waals surface area contributed by atoms with Gasteiger partial charge in [-0.3, -0.25) is 9.69 Å². The van der Waals surface area contributed by atoms with Crippen LogP contribution in [0.4, 0.5) is 0 Å². The minimum absolute atomic E-state index is 0.0784. The molecule has 6 heteroatoms. The molecule has 1 saturated heterocycles. The molecule has 0 radical (unpaired) electrons. The van der Waals surface area contributed by atoms with Gasteiger partial charge in [-0.1, -0.05) is 53.7 Å². The van der Waals surface area contributed by atoms with Crippen LogP contribution in [0.1, 0.15) is 23.0 Å². The standard InChI is InChI=1S/C23H25N3O3/c1-2-28-21-11-7-6-10-19(21)17-25-12-14-26(15-13-25)23(27)20-16-22(29-24-20)18-8-4-3-5-9-18/h3-11,16H,2,12-15,17H2,1H3. The molecule has 0 bridgehead atoms. The minimum Gasteiger partial charge on any atom is -0.494 e. The second-order valence-corrected chi connectivity index (χ2v) is 7.05. The second-order valence-electron chi connectivity index (χ2n) is 7.05. The largest absolute Gasteiger partial charge is 0.494 e. The fourth-order valence-electron chi connectivity index (χ4n) is 3.56. The molecule has 29 heavy (non-hydrogen) atoms. The Morgan fingerprint density at radius 2 is 1.76 bits per heavy atom. The summed E-state index contributed by atoms with van der Waals surface area (Å²) in [7, 11) is 0. The van der Waals surface area contributed by atoms with E-state index in [1.165, 1.54) is 5.56 Å². The van der Waals surface area contributed by atoms with Crippen LogP contribution < -0.4 is 4.74 Å². The van der Waals surface area contributed by atoms with Crippen LogP contribution in [0.3, 0.4) is 0 Å². The second kappa shape index (κ2) is 8.92. The normalized spacial score (nSPS) is 14.7. The Balaban J connectivity index is 1.35. The molecule has 6 nitrogen and oxygen atoms in total. The van der Waals surface area contributed by atoms with E-state index in [9.17, 15) is 4.79 Å². The van der Waals surface area contributed by atoms with Crippen molar-refractivity contribution in [1.82, 2.24) is 15.0 Å². The Hall–Kier alpha value is -3.12. The lowest BCUT2D eigenvalue weighted by Crippen LogP contribution is -2.48. The number of aromatic nitrogens is 1. The molecule has 0 spiro atoms. The van der Waals surface area contributed by atoms with Crippen molar-refractivity contribution in [2.24, 2.45) is 0 Å². The number of carbonyl (C=O) groups is 1. The molecule has 1 fully saturated rings. The summed E-state index contributed by atoms with van der Waals surface area (Å²) in [5, 5.41) is 3.99. The highest BCUT2D eigenvalue weighted by Gasteiger charge is 2.25. The highest BCUT2D eigenvalue weighted by atomic mass is 16.5. The molecule has 1 aromatic heterocycles. The van der Waals surface area contributed by atoms with Gasteiger partial charge in [0.05, 0.1) is 6.61 Å². The van der Waals surface area contributed by atoms with Gasteiger partial charge in [0.15, 0.2) is 11.5 Å². The summed E-state index contributed by atoms with van der Waals surface area (Å²) in [6.45, 7) is 6.44. The van der Waals surface area contributed by atoms with Crippen molar-refractivity contribution in [1.29, 1.82) is 0 Å². The van der Waals surface area contributed by atoms with Crippen molar-refractivity contribution < 1.29 is 14.1 Å². The summed E-state index contributed by atoms with van der Waals surface area (Å²) in [5.41, 5.74) is 2.45. The van der Waals surface area contributed by atoms with Crippen molar-refractivity contribution in [2.75, 3.05) is 32.8 Å². The Bertz CT molecular complexity index is 947. The lowest BCUT2D eigenvalue weighted by atomic mass is 10.1. The number of hydrogen-bond acceptors (Lipinski definition) is 5. The number of rotatable bonds is 6. The highest BCUT2D eigenvalue weighted by molar-refractivity contribution is 5.93. The number of nitrogens with zero attached hydrogens (tertiary/aromatic N) is 3. The average Bonchev–Trinajstić information content (AvgIpc) is 3.26. The van der Waals surface area contributed by atoms with Gasteiger partial charge in [0.1, 0.15) is 5.75 Å². The lowest BCUT2D eigenvalue weighted by molar-refractivity contribution is 0.0617. The average molecular weight is 391 g/mol. The molecule has 4 rings (SSSR count). The number of para-hydroxylation sites is 1. The molecule has 0 N–H and O–H groups in total. The summed E-state index contributed by atoms with van der Waals surface area (Å²) in [4.78, 5) is 17.0. The molecular weight excluding hydrogens is 366 g/mol. The Morgan fingerprint density at radius 3 is 2.52 bits per heavy atom. The molecule has 150 valence electrons. The number of ether oxygens (including phenoxy) is 1. The van der Waals surface area contributed by atoms with Crippen molar-refractivity contribution in [2.45, 2.75) is 13.5 Å². The summed E-state index contributed by atoms with van der Waals surface area (Å²) in [5.74, 6) is 1.47. The Kier molecular flexibility index (Phi) is 5.91. The van der Waals surface area contributed by atoms with Crippen LogP contribution in [0.2, 0.25) is 0 Å². The zero-order chi connectivity index (χ0) is 20.1. The molecular formula is C23H25N3O3. The first kappa shape index (κ1) is 19.2. The van der Waals surface area contributed by atoms with E-state index >= 15 is 0 Å². The Morgan fingerprint density at radius 1 is 1.03 bits per heavy atom. The van der Waals surface area contributed by atoms with E-state index in [2.05, 4.69) is 16.1 Å². The quantitative estimate of drug-likeness (QED) is 0.641. The van der Waals surface area contributed by atoms with E-state index in [0.717, 1.165) is 30.9 Å². The maximum Gasteiger partial charge on any atom is 0.276 e. The van der Waals surface area contributed by atoms with E-state index in [4.69, 9.17) is 9.26 Å². The molecule has 0 atom stereocenters. The predicted molar refractivity (Wildman–Crippen MR) is 111 cm³/mol. The maximum atomic E-state index is 12.8. The predicted octanol–water partition coefficient (Wildman–Crippen LogP) is 3.70. The molecule has 0 saturated carbocycles. The molecule has 1 aliphatic heterocycles. The fourth-order valence-corrected chi connectivity index (χ4v) is 3.56. The van der Waals surface area contributed by atoms with Crippen molar-refractivity contribution in [3.8, 4) is 17.1 Å². The monoisotopic (exact) mass is 391 g/mol. The first-order chi connectivity index (χ1) is 14.2. The zero-order valence-corrected chi connectivity index (χ0v) is 16.6. The van der Waals surface area contributed by atoms with Crippen LogP contribution in [-0.2, 0) is 6.54 Å². The number of piperazine rings is 1. The smallest absolute Gasteiger partial charge is 0.276 e. The van der Waals surface area contributed by atoms with Crippen LogP contribution in [0.5, 0.6) is 5.75 Å². The number of benzene rings is 2. The van der Waals surface area contributed by atoms with Gasteiger partial charge in [0.25, 0.3) is 5.91 Å². The van der Waals surface area contributed by atoms with Crippen LogP contribution in [-0.4, -0.2) is 53.6 Å². The molecule has 3 aromatic rings. The topological polar surface area (TPSA) is 58.8 Å². The molecule has 1 amide bonds. The van der Waals surface area contributed by atoms with Gasteiger partial charge >= 0.3 is 0 Å². The van der Waals surface area contributed by atoms with Gasteiger partial charge in [0, 0.05) is 49.9 Å². The fraction of sp³-hybridized carbons (Fsp3) is 0.304. The van der Waals surface area contributed by atoms with Gasteiger partial charge in [-0.2, -0.15) is 0 Å². The third kappa shape index (κ3) is 4.49. The van der Waals surface area contributed by atoms with E-state index < -0.39 is 0 Å². The molecule has 0 unspecified atom stereocenters. The lowest BCUT2D eigenvalue weighted by Gasteiger charge is -2.34. The van der Waals surface area contributed by atoms with Crippen molar-refractivity contribution in [3.63, 3.8) is 0 Å². The van der Waals surface area contributed by atoms with E-state index in [0.29, 0.717) is 31.2 Å². The van der Waals surface area contributed by atoms with Gasteiger partial charge in [-0.25, -0.2) is 0 Å². The highest BCUT2D eigenvalue weighted by Crippen LogP contribution is 2.22. The molecule has 2 aromatic carbocycles. The SMILES string of the molecule is CCOc1ccccc1CN1CCN(C(=O)c2cc(-c3ccccc3)on2)CC1. The first-order valence-electron chi connectivity index (χ1n) is 9.99. The third-order valence-electron chi connectivity index (χ3n) is 5.11. The van der Waals surface area contributed by atoms with E-state index in [-0.39, 0.29) is 5.91 Å². The van der Waals surface area contributed by atoms with Crippen LogP contribution in [0, 0.1) is 0 Å². The van der Waals surface area contributed by atoms with E-state index in [1.54, 1.807) is 6.07 Å². The van der Waals surface area contributed by atoms with Gasteiger partial charge in [-0.05, 0) is 13.0 Å². The van der Waals surface area contributed by atoms with E-state index in [1.807, 2.05) is 60.4 Å². The summed E-state index contributed by atoms with van der Waals surface area (Å²) in [6, 6.07) is 19.5. The minimum atomic E-state index is -0.0784. The molecule has 2 heterocycles. The number of amides is 1. The first-order valence-corrected chi connectivity index (χ1v) is 9.99. The summed E-state index contributed by atoms with van der Waals surface area (Å²) in [6.07, 6.45) is 0. The molecule has 0 aliphatic carbocycles. The number of carbonyl (C=O) groups excluding carboxylic acids is 1. The maximum absolute atomic E-state index is 12.8. The van der Waals surface area contributed by atoms with Crippen LogP contribution >= 0.6 is 0 Å². The Labute approximate surface area is 170 Å². The van der Waals surface area contributed by atoms with Gasteiger partial charge < -0.3 is 14.2 Å².